The molecule has 1 aliphatic heterocycles. The van der Waals surface area contributed by atoms with Crippen molar-refractivity contribution in [2.24, 2.45) is 0 Å². The number of carbonyl (C=O) groups excluding carboxylic acids is 1. The van der Waals surface area contributed by atoms with Crippen molar-refractivity contribution in [2.45, 2.75) is 51.8 Å². The molecule has 1 N–H and O–H groups in total. The van der Waals surface area contributed by atoms with Gasteiger partial charge in [0.1, 0.15) is 5.60 Å². The molecule has 1 aromatic rings. The summed E-state index contributed by atoms with van der Waals surface area (Å²) in [5.74, 6) is 0. The molecule has 1 aliphatic rings. The zero-order valence-corrected chi connectivity index (χ0v) is 15.0. The number of nitrogens with one attached hydrogen (secondary N) is 1. The highest BCUT2D eigenvalue weighted by Crippen LogP contribution is 2.16. The molecule has 0 spiro atoms. The molecule has 2 heterocycles. The molecule has 0 aromatic carbocycles. The fourth-order valence-electron chi connectivity index (χ4n) is 2.41. The van der Waals surface area contributed by atoms with Crippen molar-refractivity contribution in [3.63, 3.8) is 0 Å². The molecule has 22 heavy (non-hydrogen) atoms. The standard InChI is InChI=1S/C16H24BrN3O2/c1-16(2,3)22-15(21)20-6-4-14(5-7-20)19-10-12-8-13(17)11-18-9-12/h8-9,11,14,19H,4-7,10H2,1-3H3. The fraction of sp³-hybridized carbons (Fsp3) is 0.625. The Morgan fingerprint density at radius 1 is 1.41 bits per heavy atom. The molecule has 0 radical (unpaired) electrons. The topological polar surface area (TPSA) is 54.5 Å². The van der Waals surface area contributed by atoms with E-state index in [9.17, 15) is 4.79 Å². The second kappa shape index (κ2) is 7.42. The normalized spacial score (nSPS) is 16.6. The van der Waals surface area contributed by atoms with Gasteiger partial charge in [-0.3, -0.25) is 4.98 Å². The van der Waals surface area contributed by atoms with Gasteiger partial charge in [0.2, 0.25) is 0 Å². The van der Waals surface area contributed by atoms with Crippen molar-refractivity contribution in [3.05, 3.63) is 28.5 Å². The Balaban J connectivity index is 1.74. The smallest absolute Gasteiger partial charge is 0.410 e. The Labute approximate surface area is 140 Å². The first-order valence-electron chi connectivity index (χ1n) is 7.64. The second-order valence-electron chi connectivity index (χ2n) is 6.63. The number of hydrogen-bond donors (Lipinski definition) is 1. The van der Waals surface area contributed by atoms with E-state index in [2.05, 4.69) is 32.3 Å². The summed E-state index contributed by atoms with van der Waals surface area (Å²) in [6.45, 7) is 7.96. The molecule has 1 aromatic heterocycles. The lowest BCUT2D eigenvalue weighted by Crippen LogP contribution is -2.46. The summed E-state index contributed by atoms with van der Waals surface area (Å²) in [6.07, 6.45) is 5.33. The first-order chi connectivity index (χ1) is 10.3. The van der Waals surface area contributed by atoms with E-state index in [1.807, 2.05) is 27.0 Å². The van der Waals surface area contributed by atoms with Crippen LogP contribution in [0.3, 0.4) is 0 Å². The summed E-state index contributed by atoms with van der Waals surface area (Å²) < 4.78 is 6.40. The molecule has 6 heteroatoms. The molecule has 0 atom stereocenters. The van der Waals surface area contributed by atoms with Gasteiger partial charge in [0.05, 0.1) is 0 Å². The summed E-state index contributed by atoms with van der Waals surface area (Å²) in [7, 11) is 0. The van der Waals surface area contributed by atoms with Gasteiger partial charge in [-0.25, -0.2) is 4.79 Å². The summed E-state index contributed by atoms with van der Waals surface area (Å²) in [5.41, 5.74) is 0.726. The molecule has 122 valence electrons. The van der Waals surface area contributed by atoms with Crippen LogP contribution in [0.4, 0.5) is 4.79 Å². The van der Waals surface area contributed by atoms with Crippen LogP contribution in [0.1, 0.15) is 39.2 Å². The van der Waals surface area contributed by atoms with Gasteiger partial charge in [-0.2, -0.15) is 0 Å². The second-order valence-corrected chi connectivity index (χ2v) is 7.55. The van der Waals surface area contributed by atoms with E-state index in [1.165, 1.54) is 0 Å². The van der Waals surface area contributed by atoms with Crippen LogP contribution in [-0.2, 0) is 11.3 Å². The summed E-state index contributed by atoms with van der Waals surface area (Å²) in [5, 5.41) is 3.53. The lowest BCUT2D eigenvalue weighted by Gasteiger charge is -2.33. The molecule has 1 fully saturated rings. The fourth-order valence-corrected chi connectivity index (χ4v) is 2.82. The SMILES string of the molecule is CC(C)(C)OC(=O)N1CCC(NCc2cncc(Br)c2)CC1. The van der Waals surface area contributed by atoms with Crippen molar-refractivity contribution in [3.8, 4) is 0 Å². The van der Waals surface area contributed by atoms with E-state index in [0.717, 1.165) is 42.5 Å². The van der Waals surface area contributed by atoms with Crippen LogP contribution in [0, 0.1) is 0 Å². The number of rotatable bonds is 3. The molecular formula is C16H24BrN3O2. The zero-order chi connectivity index (χ0) is 16.2. The number of pyridine rings is 1. The first-order valence-corrected chi connectivity index (χ1v) is 8.43. The van der Waals surface area contributed by atoms with Crippen molar-refractivity contribution < 1.29 is 9.53 Å². The highest BCUT2D eigenvalue weighted by Gasteiger charge is 2.26. The molecule has 5 nitrogen and oxygen atoms in total. The molecule has 1 amide bonds. The number of amides is 1. The van der Waals surface area contributed by atoms with Gasteiger partial charge in [0.15, 0.2) is 0 Å². The lowest BCUT2D eigenvalue weighted by molar-refractivity contribution is 0.0198. The van der Waals surface area contributed by atoms with Crippen LogP contribution in [-0.4, -0.2) is 40.7 Å². The predicted molar refractivity (Wildman–Crippen MR) is 89.6 cm³/mol. The Bertz CT molecular complexity index is 508. The van der Waals surface area contributed by atoms with E-state index in [4.69, 9.17) is 4.74 Å². The molecule has 0 unspecified atom stereocenters. The monoisotopic (exact) mass is 369 g/mol. The Hall–Kier alpha value is -1.14. The molecule has 0 saturated carbocycles. The van der Waals surface area contributed by atoms with Gasteiger partial charge in [0, 0.05) is 42.5 Å². The molecule has 0 aliphatic carbocycles. The van der Waals surface area contributed by atoms with Crippen molar-refractivity contribution in [2.75, 3.05) is 13.1 Å². The number of likely N-dealkylation sites (tertiary alicyclic amines) is 1. The maximum atomic E-state index is 12.0. The minimum Gasteiger partial charge on any atom is -0.444 e. The van der Waals surface area contributed by atoms with Gasteiger partial charge in [-0.05, 0) is 61.2 Å². The molecule has 2 rings (SSSR count). The number of piperidine rings is 1. The van der Waals surface area contributed by atoms with E-state index in [0.29, 0.717) is 6.04 Å². The summed E-state index contributed by atoms with van der Waals surface area (Å²) in [6, 6.07) is 2.49. The number of hydrogen-bond acceptors (Lipinski definition) is 4. The third-order valence-corrected chi connectivity index (χ3v) is 3.94. The largest absolute Gasteiger partial charge is 0.444 e. The Morgan fingerprint density at radius 2 is 2.09 bits per heavy atom. The summed E-state index contributed by atoms with van der Waals surface area (Å²) in [4.78, 5) is 18.0. The maximum Gasteiger partial charge on any atom is 0.410 e. The van der Waals surface area contributed by atoms with E-state index < -0.39 is 5.60 Å². The van der Waals surface area contributed by atoms with Gasteiger partial charge >= 0.3 is 6.09 Å². The summed E-state index contributed by atoms with van der Waals surface area (Å²) >= 11 is 3.43. The average Bonchev–Trinajstić information content (AvgIpc) is 2.44. The number of nitrogens with zero attached hydrogens (tertiary/aromatic N) is 2. The minimum atomic E-state index is -0.431. The van der Waals surface area contributed by atoms with Crippen LogP contribution < -0.4 is 5.32 Å². The number of carbonyl (C=O) groups is 1. The quantitative estimate of drug-likeness (QED) is 0.887. The van der Waals surface area contributed by atoms with Crippen LogP contribution in [0.5, 0.6) is 0 Å². The first kappa shape index (κ1) is 17.2. The van der Waals surface area contributed by atoms with E-state index in [1.54, 1.807) is 11.1 Å². The average molecular weight is 370 g/mol. The third-order valence-electron chi connectivity index (χ3n) is 3.50. The van der Waals surface area contributed by atoms with Gasteiger partial charge in [-0.15, -0.1) is 0 Å². The Kier molecular flexibility index (Phi) is 5.81. The highest BCUT2D eigenvalue weighted by molar-refractivity contribution is 9.10. The Morgan fingerprint density at radius 3 is 2.68 bits per heavy atom. The van der Waals surface area contributed by atoms with Crippen LogP contribution >= 0.6 is 15.9 Å². The van der Waals surface area contributed by atoms with Gasteiger partial charge < -0.3 is 15.0 Å². The highest BCUT2D eigenvalue weighted by atomic mass is 79.9. The van der Waals surface area contributed by atoms with Gasteiger partial charge in [0.25, 0.3) is 0 Å². The maximum absolute atomic E-state index is 12.0. The number of halogens is 1. The molecule has 1 saturated heterocycles. The van der Waals surface area contributed by atoms with Crippen LogP contribution in [0.2, 0.25) is 0 Å². The van der Waals surface area contributed by atoms with Crippen molar-refractivity contribution >= 4 is 22.0 Å². The predicted octanol–water partition coefficient (Wildman–Crippen LogP) is 3.33. The minimum absolute atomic E-state index is 0.206. The van der Waals surface area contributed by atoms with Crippen LogP contribution in [0.25, 0.3) is 0 Å². The van der Waals surface area contributed by atoms with Crippen molar-refractivity contribution in [1.82, 2.24) is 15.2 Å². The zero-order valence-electron chi connectivity index (χ0n) is 13.4. The van der Waals surface area contributed by atoms with E-state index >= 15 is 0 Å². The third kappa shape index (κ3) is 5.57. The van der Waals surface area contributed by atoms with Crippen molar-refractivity contribution in [1.29, 1.82) is 0 Å². The molecular weight excluding hydrogens is 346 g/mol. The lowest BCUT2D eigenvalue weighted by atomic mass is 10.1. The number of aromatic nitrogens is 1. The van der Waals surface area contributed by atoms with Crippen LogP contribution in [0.15, 0.2) is 22.9 Å². The van der Waals surface area contributed by atoms with E-state index in [-0.39, 0.29) is 6.09 Å². The molecule has 0 bridgehead atoms. The van der Waals surface area contributed by atoms with Gasteiger partial charge in [-0.1, -0.05) is 0 Å². The number of ether oxygens (including phenoxy) is 1.